The molecule has 0 bridgehead atoms. The van der Waals surface area contributed by atoms with Gasteiger partial charge in [0.05, 0.1) is 6.61 Å². The molecule has 0 heterocycles. The van der Waals surface area contributed by atoms with Crippen LogP contribution in [0.2, 0.25) is 0 Å². The van der Waals surface area contributed by atoms with E-state index < -0.39 is 12.1 Å². The summed E-state index contributed by atoms with van der Waals surface area (Å²) in [7, 11) is 0. The fraction of sp³-hybridized carbons (Fsp3) is 0.300. The van der Waals surface area contributed by atoms with Crippen LogP contribution in [-0.2, 0) is 16.1 Å². The molecule has 1 aromatic carbocycles. The molecule has 0 amide bonds. The van der Waals surface area contributed by atoms with Crippen molar-refractivity contribution in [2.24, 2.45) is 0 Å². The molecule has 4 heteroatoms. The molecule has 0 saturated carbocycles. The Hall–Kier alpha value is -0.350. The molecule has 0 saturated heterocycles. The molecule has 1 atom stereocenters. The van der Waals surface area contributed by atoms with Crippen molar-refractivity contribution in [2.45, 2.75) is 19.6 Å². The number of hydrogen-bond donors (Lipinski definition) is 1. The summed E-state index contributed by atoms with van der Waals surface area (Å²) in [6.45, 7) is 1.86. The van der Waals surface area contributed by atoms with Gasteiger partial charge >= 0.3 is 5.97 Å². The molecule has 0 aliphatic heterocycles. The summed E-state index contributed by atoms with van der Waals surface area (Å²) in [5.74, 6) is -0.934. The molecule has 1 aromatic rings. The zero-order chi connectivity index (χ0) is 9.68. The van der Waals surface area contributed by atoms with Gasteiger partial charge in [0.1, 0.15) is 0 Å². The monoisotopic (exact) mass is 203 g/mol. The molecule has 0 aromatic heterocycles. The van der Waals surface area contributed by atoms with Gasteiger partial charge < -0.3 is 9.84 Å². The van der Waals surface area contributed by atoms with Crippen molar-refractivity contribution in [3.8, 4) is 0 Å². The van der Waals surface area contributed by atoms with E-state index in [2.05, 4.69) is 0 Å². The molecule has 1 radical (unpaired) electrons. The molecule has 0 unspecified atom stereocenters. The second-order valence-corrected chi connectivity index (χ2v) is 2.78. The van der Waals surface area contributed by atoms with E-state index in [-0.39, 0.29) is 29.6 Å². The Balaban J connectivity index is 0.00000169. The number of benzene rings is 1. The van der Waals surface area contributed by atoms with E-state index in [1.165, 1.54) is 6.92 Å². The number of aliphatic carboxylic acids is 1. The van der Waals surface area contributed by atoms with Gasteiger partial charge in [0.25, 0.3) is 0 Å². The molecule has 0 fully saturated rings. The number of carboxylic acids is 1. The standard InChI is InChI=1S/C10H12O3.Na/c1-8(10(11)12)13-7-9-5-3-2-4-6-9;/h2-6,8H,7H2,1H3,(H,11,12);/t8-;/m1./s1. The Morgan fingerprint density at radius 3 is 2.50 bits per heavy atom. The minimum atomic E-state index is -0.934. The molecular weight excluding hydrogens is 191 g/mol. The zero-order valence-corrected chi connectivity index (χ0v) is 10.4. The SMILES string of the molecule is C[C@@H](OCc1ccccc1)C(=O)O.[Na]. The number of hydrogen-bond acceptors (Lipinski definition) is 2. The Labute approximate surface area is 105 Å². The second kappa shape index (κ2) is 7.01. The normalized spacial score (nSPS) is 11.5. The fourth-order valence-corrected chi connectivity index (χ4v) is 0.867. The summed E-state index contributed by atoms with van der Waals surface area (Å²) in [6.07, 6.45) is -0.750. The second-order valence-electron chi connectivity index (χ2n) is 2.78. The number of carbonyl (C=O) groups is 1. The van der Waals surface area contributed by atoms with Crippen molar-refractivity contribution in [1.82, 2.24) is 0 Å². The van der Waals surface area contributed by atoms with Gasteiger partial charge in [0, 0.05) is 29.6 Å². The van der Waals surface area contributed by atoms with Gasteiger partial charge in [-0.2, -0.15) is 0 Å². The van der Waals surface area contributed by atoms with E-state index >= 15 is 0 Å². The molecule has 14 heavy (non-hydrogen) atoms. The largest absolute Gasteiger partial charge is 0.479 e. The fourth-order valence-electron chi connectivity index (χ4n) is 0.867. The van der Waals surface area contributed by atoms with Crippen LogP contribution in [0.15, 0.2) is 30.3 Å². The predicted octanol–water partition coefficient (Wildman–Crippen LogP) is 1.30. The average molecular weight is 203 g/mol. The Morgan fingerprint density at radius 2 is 2.00 bits per heavy atom. The third-order valence-corrected chi connectivity index (χ3v) is 1.69. The molecule has 1 N–H and O–H groups in total. The summed E-state index contributed by atoms with van der Waals surface area (Å²) < 4.78 is 5.09. The first-order valence-electron chi connectivity index (χ1n) is 4.08. The topological polar surface area (TPSA) is 46.5 Å². The molecule has 0 aliphatic rings. The van der Waals surface area contributed by atoms with Crippen LogP contribution < -0.4 is 0 Å². The van der Waals surface area contributed by atoms with Crippen LogP contribution in [0.25, 0.3) is 0 Å². The van der Waals surface area contributed by atoms with Crippen LogP contribution in [0, 0.1) is 0 Å². The van der Waals surface area contributed by atoms with E-state index in [0.29, 0.717) is 6.61 Å². The average Bonchev–Trinajstić information content (AvgIpc) is 2.15. The van der Waals surface area contributed by atoms with Crippen molar-refractivity contribution in [1.29, 1.82) is 0 Å². The summed E-state index contributed by atoms with van der Waals surface area (Å²) in [6, 6.07) is 9.49. The number of rotatable bonds is 4. The Morgan fingerprint density at radius 1 is 1.43 bits per heavy atom. The summed E-state index contributed by atoms with van der Waals surface area (Å²) in [4.78, 5) is 10.4. The van der Waals surface area contributed by atoms with Gasteiger partial charge in [-0.15, -0.1) is 0 Å². The van der Waals surface area contributed by atoms with Crippen LogP contribution in [-0.4, -0.2) is 46.7 Å². The first-order valence-corrected chi connectivity index (χ1v) is 4.08. The van der Waals surface area contributed by atoms with Gasteiger partial charge in [-0.3, -0.25) is 0 Å². The molecule has 3 nitrogen and oxygen atoms in total. The molecular formula is C10H12NaO3. The summed E-state index contributed by atoms with van der Waals surface area (Å²) in [5, 5.41) is 8.54. The molecule has 0 spiro atoms. The van der Waals surface area contributed by atoms with Crippen molar-refractivity contribution in [2.75, 3.05) is 0 Å². The van der Waals surface area contributed by atoms with Crippen molar-refractivity contribution >= 4 is 35.5 Å². The Bertz CT molecular complexity index is 274. The maximum atomic E-state index is 10.4. The minimum absolute atomic E-state index is 0. The van der Waals surface area contributed by atoms with Crippen molar-refractivity contribution in [3.05, 3.63) is 35.9 Å². The molecule has 0 aliphatic carbocycles. The van der Waals surface area contributed by atoms with Crippen molar-refractivity contribution in [3.63, 3.8) is 0 Å². The van der Waals surface area contributed by atoms with Crippen LogP contribution in [0.3, 0.4) is 0 Å². The zero-order valence-electron chi connectivity index (χ0n) is 8.43. The van der Waals surface area contributed by atoms with E-state index in [4.69, 9.17) is 9.84 Å². The quantitative estimate of drug-likeness (QED) is 0.750. The van der Waals surface area contributed by atoms with Gasteiger partial charge in [-0.05, 0) is 12.5 Å². The van der Waals surface area contributed by atoms with E-state index in [9.17, 15) is 4.79 Å². The first kappa shape index (κ1) is 13.7. The third-order valence-electron chi connectivity index (χ3n) is 1.69. The van der Waals surface area contributed by atoms with E-state index in [1.54, 1.807) is 0 Å². The van der Waals surface area contributed by atoms with Gasteiger partial charge in [0.2, 0.25) is 0 Å². The number of carboxylic acid groups (broad SMARTS) is 1. The maximum absolute atomic E-state index is 10.4. The van der Waals surface area contributed by atoms with Gasteiger partial charge in [-0.25, -0.2) is 4.79 Å². The van der Waals surface area contributed by atoms with Crippen LogP contribution >= 0.6 is 0 Å². The van der Waals surface area contributed by atoms with Crippen molar-refractivity contribution < 1.29 is 14.6 Å². The number of ether oxygens (including phenoxy) is 1. The van der Waals surface area contributed by atoms with Crippen LogP contribution in [0.1, 0.15) is 12.5 Å². The smallest absolute Gasteiger partial charge is 0.332 e. The van der Waals surface area contributed by atoms with E-state index in [0.717, 1.165) is 5.56 Å². The Kier molecular flexibility index (Phi) is 6.83. The van der Waals surface area contributed by atoms with Crippen LogP contribution in [0.5, 0.6) is 0 Å². The third kappa shape index (κ3) is 4.77. The minimum Gasteiger partial charge on any atom is -0.479 e. The van der Waals surface area contributed by atoms with Gasteiger partial charge in [0.15, 0.2) is 6.10 Å². The summed E-state index contributed by atoms with van der Waals surface area (Å²) in [5.41, 5.74) is 0.982. The predicted molar refractivity (Wildman–Crippen MR) is 54.1 cm³/mol. The van der Waals surface area contributed by atoms with Gasteiger partial charge in [-0.1, -0.05) is 30.3 Å². The molecule has 1 rings (SSSR count). The van der Waals surface area contributed by atoms with E-state index in [1.807, 2.05) is 30.3 Å². The summed E-state index contributed by atoms with van der Waals surface area (Å²) >= 11 is 0. The molecule has 71 valence electrons. The van der Waals surface area contributed by atoms with Crippen LogP contribution in [0.4, 0.5) is 0 Å². The first-order chi connectivity index (χ1) is 6.20. The maximum Gasteiger partial charge on any atom is 0.332 e.